The van der Waals surface area contributed by atoms with Gasteiger partial charge < -0.3 is 5.11 Å². The molecule has 1 N–H and O–H groups in total. The quantitative estimate of drug-likeness (QED) is 0.496. The molecule has 0 spiro atoms. The zero-order chi connectivity index (χ0) is 5.41. The van der Waals surface area contributed by atoms with Crippen molar-refractivity contribution in [1.29, 1.82) is 0 Å². The fourth-order valence-electron chi connectivity index (χ4n) is 0. The predicted octanol–water partition coefficient (Wildman–Crippen LogP) is 0.354. The Hall–Kier alpha value is 0.362. The van der Waals surface area contributed by atoms with Crippen LogP contribution in [0.25, 0.3) is 0 Å². The Morgan fingerprint density at radius 2 is 1.83 bits per heavy atom. The summed E-state index contributed by atoms with van der Waals surface area (Å²) in [6.45, 7) is 3.88. The van der Waals surface area contributed by atoms with Gasteiger partial charge in [0.2, 0.25) is 0 Å². The Morgan fingerprint density at radius 3 is 1.83 bits per heavy atom. The average Bonchev–Trinajstić information content (AvgIpc) is 1.39. The molecule has 0 saturated heterocycles. The molecule has 2 heteroatoms. The van der Waals surface area contributed by atoms with Crippen LogP contribution >= 0.6 is 0 Å². The van der Waals surface area contributed by atoms with E-state index in [1.807, 2.05) is 11.8 Å². The van der Waals surface area contributed by atoms with Crippen LogP contribution in [0, 0.1) is 0 Å². The van der Waals surface area contributed by atoms with Crippen molar-refractivity contribution in [3.8, 4) is 0 Å². The van der Waals surface area contributed by atoms with Gasteiger partial charge >= 0.3 is 27.7 Å². The van der Waals surface area contributed by atoms with Crippen LogP contribution in [0.2, 0.25) is 0 Å². The van der Waals surface area contributed by atoms with E-state index < -0.39 is 0 Å². The number of hydrogen-bond acceptors (Lipinski definition) is 1. The Balaban J connectivity index is 0. The maximum absolute atomic E-state index is 7.57. The zero-order valence-corrected chi connectivity index (χ0v) is 5.41. The molecule has 1 nitrogen and oxygen atoms in total. The predicted molar refractivity (Wildman–Crippen MR) is 24.5 cm³/mol. The van der Waals surface area contributed by atoms with Crippen molar-refractivity contribution in [2.75, 3.05) is 6.61 Å². The van der Waals surface area contributed by atoms with Crippen LogP contribution in [0.3, 0.4) is 0 Å². The molecule has 0 fully saturated rings. The first-order chi connectivity index (χ1) is 2.83. The average molecular weight is 126 g/mol. The number of aliphatic hydroxyl groups is 1. The van der Waals surface area contributed by atoms with Crippen molar-refractivity contribution in [2.24, 2.45) is 0 Å². The standard InChI is InChI=1S/C2H6O.C2H4.Cr/c1-2-3;1-2;/h3H,2H2,1H3;1H,2H3;. The molecule has 0 rings (SSSR count). The maximum atomic E-state index is 7.57. The van der Waals surface area contributed by atoms with Crippen LogP contribution in [0.1, 0.15) is 13.8 Å². The van der Waals surface area contributed by atoms with E-state index >= 15 is 0 Å². The molecule has 38 valence electrons. The first-order valence-corrected chi connectivity index (χ1v) is 2.57. The van der Waals surface area contributed by atoms with Crippen molar-refractivity contribution in [3.05, 3.63) is 0 Å². The van der Waals surface area contributed by atoms with E-state index in [9.17, 15) is 0 Å². The van der Waals surface area contributed by atoms with E-state index in [0.29, 0.717) is 0 Å². The molecule has 0 atom stereocenters. The summed E-state index contributed by atoms with van der Waals surface area (Å²) in [5.41, 5.74) is 0. The Labute approximate surface area is 47.0 Å². The van der Waals surface area contributed by atoms with Crippen LogP contribution in [-0.4, -0.2) is 16.6 Å². The van der Waals surface area contributed by atoms with Gasteiger partial charge in [0, 0.05) is 6.61 Å². The molecule has 0 bridgehead atoms. The van der Waals surface area contributed by atoms with Crippen molar-refractivity contribution in [1.82, 2.24) is 0 Å². The van der Waals surface area contributed by atoms with Gasteiger partial charge in [-0.2, -0.15) is 0 Å². The van der Waals surface area contributed by atoms with Gasteiger partial charge in [0.1, 0.15) is 0 Å². The molecule has 0 radical (unpaired) electrons. The Bertz CT molecular complexity index is 21.5. The summed E-state index contributed by atoms with van der Waals surface area (Å²) in [5, 5.41) is 7.57. The number of hydrogen-bond donors (Lipinski definition) is 1. The van der Waals surface area contributed by atoms with Crippen molar-refractivity contribution >= 4 is 4.88 Å². The van der Waals surface area contributed by atoms with Crippen LogP contribution in [-0.2, 0) is 15.9 Å². The summed E-state index contributed by atoms with van der Waals surface area (Å²) in [7, 11) is 0. The second-order valence-electron chi connectivity index (χ2n) is 0.552. The molecule has 0 aromatic carbocycles. The summed E-state index contributed by atoms with van der Waals surface area (Å²) < 4.78 is 0. The molecule has 6 heavy (non-hydrogen) atoms. The van der Waals surface area contributed by atoms with Crippen LogP contribution in [0.15, 0.2) is 0 Å². The summed E-state index contributed by atoms with van der Waals surface area (Å²) >= 11 is 2.68. The van der Waals surface area contributed by atoms with E-state index in [4.69, 9.17) is 5.11 Å². The fourth-order valence-corrected chi connectivity index (χ4v) is 0. The van der Waals surface area contributed by atoms with E-state index in [1.54, 1.807) is 6.92 Å². The Morgan fingerprint density at radius 1 is 1.83 bits per heavy atom. The van der Waals surface area contributed by atoms with Gasteiger partial charge in [-0.3, -0.25) is 0 Å². The van der Waals surface area contributed by atoms with E-state index in [2.05, 4.69) is 15.9 Å². The summed E-state index contributed by atoms with van der Waals surface area (Å²) in [4.78, 5) is 1.88. The molecular weight excluding hydrogens is 116 g/mol. The van der Waals surface area contributed by atoms with Gasteiger partial charge in [0.05, 0.1) is 0 Å². The topological polar surface area (TPSA) is 20.2 Å². The van der Waals surface area contributed by atoms with Gasteiger partial charge in [-0.25, -0.2) is 0 Å². The van der Waals surface area contributed by atoms with E-state index in [-0.39, 0.29) is 6.61 Å². The molecule has 0 aliphatic heterocycles. The fraction of sp³-hybridized carbons (Fsp3) is 0.750. The first-order valence-electron chi connectivity index (χ1n) is 1.84. The van der Waals surface area contributed by atoms with Crippen LogP contribution in [0.4, 0.5) is 0 Å². The molecule has 0 unspecified atom stereocenters. The SMILES string of the molecule is CCO.C[CH]=[Cr]. The summed E-state index contributed by atoms with van der Waals surface area (Å²) in [6.07, 6.45) is 0. The summed E-state index contributed by atoms with van der Waals surface area (Å²) in [5.74, 6) is 0. The molecule has 0 saturated carbocycles. The van der Waals surface area contributed by atoms with Crippen LogP contribution in [0.5, 0.6) is 0 Å². The van der Waals surface area contributed by atoms with Crippen LogP contribution < -0.4 is 0 Å². The van der Waals surface area contributed by atoms with Crippen molar-refractivity contribution < 1.29 is 21.0 Å². The zero-order valence-electron chi connectivity index (χ0n) is 4.14. The molecule has 0 heterocycles. The van der Waals surface area contributed by atoms with Gasteiger partial charge in [-0.1, -0.05) is 0 Å². The van der Waals surface area contributed by atoms with Gasteiger partial charge in [0.25, 0.3) is 0 Å². The first kappa shape index (κ1) is 9.61. The normalized spacial score (nSPS) is 5.17. The Kier molecular flexibility index (Phi) is 29.3. The van der Waals surface area contributed by atoms with Gasteiger partial charge in [-0.05, 0) is 6.92 Å². The second-order valence-corrected chi connectivity index (χ2v) is 1.29. The van der Waals surface area contributed by atoms with Crippen molar-refractivity contribution in [3.63, 3.8) is 0 Å². The molecule has 0 aliphatic rings. The monoisotopic (exact) mass is 126 g/mol. The molecule has 0 aromatic rings. The third kappa shape index (κ3) is 375. The number of rotatable bonds is 0. The summed E-state index contributed by atoms with van der Waals surface area (Å²) in [6, 6.07) is 0. The third-order valence-corrected chi connectivity index (χ3v) is 0. The molecule has 0 aromatic heterocycles. The van der Waals surface area contributed by atoms with E-state index in [1.165, 1.54) is 0 Å². The molecule has 0 amide bonds. The number of aliphatic hydroxyl groups excluding tert-OH is 1. The minimum absolute atomic E-state index is 0.250. The van der Waals surface area contributed by atoms with E-state index in [0.717, 1.165) is 0 Å². The molecular formula is C4H10CrO. The van der Waals surface area contributed by atoms with Crippen molar-refractivity contribution in [2.45, 2.75) is 13.8 Å². The molecule has 0 aliphatic carbocycles. The van der Waals surface area contributed by atoms with Gasteiger partial charge in [0.15, 0.2) is 0 Å². The third-order valence-electron chi connectivity index (χ3n) is 0. The minimum atomic E-state index is 0.250. The second kappa shape index (κ2) is 18.3. The van der Waals surface area contributed by atoms with Gasteiger partial charge in [-0.15, -0.1) is 0 Å².